The first-order valence-electron chi connectivity index (χ1n) is 8.88. The molecule has 2 aliphatic rings. The van der Waals surface area contributed by atoms with Gasteiger partial charge in [-0.25, -0.2) is 0 Å². The molecule has 27 heavy (non-hydrogen) atoms. The van der Waals surface area contributed by atoms with Gasteiger partial charge in [0.2, 0.25) is 5.91 Å². The number of nitrogens with two attached hydrogens (primary N) is 1. The van der Waals surface area contributed by atoms with Crippen molar-refractivity contribution in [2.75, 3.05) is 30.7 Å². The third-order valence-corrected chi connectivity index (χ3v) is 6.58. The number of likely N-dealkylation sites (tertiary alicyclic amines) is 1. The molecule has 7 heteroatoms. The number of hydrogen-bond donors (Lipinski definition) is 3. The topological polar surface area (TPSA) is 78.6 Å². The molecule has 4 N–H and O–H groups in total. The third-order valence-electron chi connectivity index (χ3n) is 5.80. The van der Waals surface area contributed by atoms with Crippen molar-refractivity contribution in [3.05, 3.63) is 45.9 Å². The van der Waals surface area contributed by atoms with E-state index in [1.807, 2.05) is 30.3 Å². The van der Waals surface area contributed by atoms with E-state index < -0.39 is 6.61 Å². The van der Waals surface area contributed by atoms with Gasteiger partial charge in [0.05, 0.1) is 15.7 Å². The van der Waals surface area contributed by atoms with Gasteiger partial charge in [-0.1, -0.05) is 42.3 Å². The number of halogens is 2. The van der Waals surface area contributed by atoms with Crippen molar-refractivity contribution in [3.8, 4) is 11.1 Å². The van der Waals surface area contributed by atoms with Gasteiger partial charge in [-0.05, 0) is 41.3 Å². The first-order chi connectivity index (χ1) is 12.8. The molecule has 0 bridgehead atoms. The Morgan fingerprint density at radius 1 is 1.37 bits per heavy atom. The van der Waals surface area contributed by atoms with E-state index in [1.165, 1.54) is 0 Å². The fourth-order valence-electron chi connectivity index (χ4n) is 4.41. The largest absolute Gasteiger partial charge is 0.399 e. The van der Waals surface area contributed by atoms with Gasteiger partial charge in [0, 0.05) is 30.2 Å². The molecule has 0 spiro atoms. The molecule has 0 aromatic heterocycles. The van der Waals surface area contributed by atoms with Crippen LogP contribution in [0.5, 0.6) is 0 Å². The molecular weight excluding hydrogens is 385 g/mol. The van der Waals surface area contributed by atoms with Crippen LogP contribution in [0, 0.1) is 0 Å². The van der Waals surface area contributed by atoms with Gasteiger partial charge in [-0.3, -0.25) is 4.79 Å². The Kier molecular flexibility index (Phi) is 4.49. The van der Waals surface area contributed by atoms with Crippen molar-refractivity contribution in [1.82, 2.24) is 4.90 Å². The zero-order valence-electron chi connectivity index (χ0n) is 14.9. The molecular formula is C20H21Cl2N3O2. The molecule has 0 saturated carbocycles. The maximum absolute atomic E-state index is 12.1. The summed E-state index contributed by atoms with van der Waals surface area (Å²) >= 11 is 13.0. The summed E-state index contributed by atoms with van der Waals surface area (Å²) in [5, 5.41) is 13.8. The van der Waals surface area contributed by atoms with Crippen LogP contribution >= 0.6 is 23.2 Å². The highest BCUT2D eigenvalue weighted by atomic mass is 35.5. The monoisotopic (exact) mass is 405 g/mol. The van der Waals surface area contributed by atoms with Crippen molar-refractivity contribution < 1.29 is 9.90 Å². The van der Waals surface area contributed by atoms with Crippen LogP contribution in [0.15, 0.2) is 30.3 Å². The van der Waals surface area contributed by atoms with E-state index in [4.69, 9.17) is 28.9 Å². The van der Waals surface area contributed by atoms with Crippen LogP contribution < -0.4 is 11.1 Å². The molecule has 0 aliphatic carbocycles. The first-order valence-corrected chi connectivity index (χ1v) is 9.64. The summed E-state index contributed by atoms with van der Waals surface area (Å²) in [6, 6.07) is 9.66. The van der Waals surface area contributed by atoms with Crippen molar-refractivity contribution in [2.24, 2.45) is 0 Å². The minimum atomic E-state index is -0.479. The second kappa shape index (κ2) is 6.59. The fourth-order valence-corrected chi connectivity index (χ4v) is 4.81. The van der Waals surface area contributed by atoms with Crippen LogP contribution in [0.3, 0.4) is 0 Å². The van der Waals surface area contributed by atoms with Gasteiger partial charge in [0.25, 0.3) is 0 Å². The summed E-state index contributed by atoms with van der Waals surface area (Å²) in [5.74, 6) is -0.253. The SMILES string of the molecule is CC12CN(C(=O)CO)CCC1Nc1c(Cl)c(Cl)cc(-c3ccc(N)cc3)c12. The Morgan fingerprint density at radius 2 is 2.07 bits per heavy atom. The van der Waals surface area contributed by atoms with E-state index in [2.05, 4.69) is 12.2 Å². The highest BCUT2D eigenvalue weighted by molar-refractivity contribution is 6.44. The number of aliphatic hydroxyl groups is 1. The second-order valence-corrected chi connectivity index (χ2v) is 8.25. The maximum Gasteiger partial charge on any atom is 0.248 e. The summed E-state index contributed by atoms with van der Waals surface area (Å²) in [7, 11) is 0. The van der Waals surface area contributed by atoms with E-state index in [9.17, 15) is 9.90 Å². The zero-order chi connectivity index (χ0) is 19.3. The number of anilines is 2. The van der Waals surface area contributed by atoms with E-state index in [1.54, 1.807) is 4.90 Å². The molecule has 1 fully saturated rings. The van der Waals surface area contributed by atoms with Crippen LogP contribution in [0.1, 0.15) is 18.9 Å². The van der Waals surface area contributed by atoms with Crippen LogP contribution in [0.4, 0.5) is 11.4 Å². The number of fused-ring (bicyclic) bond motifs is 3. The summed E-state index contributed by atoms with van der Waals surface area (Å²) in [5.41, 5.74) is 10.1. The zero-order valence-corrected chi connectivity index (χ0v) is 16.4. The van der Waals surface area contributed by atoms with Gasteiger partial charge < -0.3 is 21.1 Å². The Labute approximate surface area is 168 Å². The number of carbonyl (C=O) groups excluding carboxylic acids is 1. The second-order valence-electron chi connectivity index (χ2n) is 7.47. The highest BCUT2D eigenvalue weighted by Crippen LogP contribution is 2.53. The lowest BCUT2D eigenvalue weighted by Crippen LogP contribution is -2.54. The quantitative estimate of drug-likeness (QED) is 0.667. The van der Waals surface area contributed by atoms with Gasteiger partial charge in [-0.2, -0.15) is 0 Å². The van der Waals surface area contributed by atoms with Gasteiger partial charge in [-0.15, -0.1) is 0 Å². The van der Waals surface area contributed by atoms with Crippen LogP contribution in [-0.2, 0) is 10.2 Å². The van der Waals surface area contributed by atoms with Gasteiger partial charge >= 0.3 is 0 Å². The maximum atomic E-state index is 12.1. The third kappa shape index (κ3) is 2.85. The van der Waals surface area contributed by atoms with Crippen LogP contribution in [-0.4, -0.2) is 41.7 Å². The van der Waals surface area contributed by atoms with E-state index in [0.717, 1.165) is 28.8 Å². The number of benzene rings is 2. The summed E-state index contributed by atoms with van der Waals surface area (Å²) in [6.07, 6.45) is 0.770. The van der Waals surface area contributed by atoms with Gasteiger partial charge in [0.15, 0.2) is 0 Å². The predicted molar refractivity (Wildman–Crippen MR) is 109 cm³/mol. The Hall–Kier alpha value is -1.95. The van der Waals surface area contributed by atoms with Crippen LogP contribution in [0.2, 0.25) is 10.0 Å². The molecule has 2 aliphatic heterocycles. The van der Waals surface area contributed by atoms with E-state index in [0.29, 0.717) is 28.8 Å². The number of nitrogens with zero attached hydrogens (tertiary/aromatic N) is 1. The minimum Gasteiger partial charge on any atom is -0.399 e. The predicted octanol–water partition coefficient (Wildman–Crippen LogP) is 3.52. The number of hydrogen-bond acceptors (Lipinski definition) is 4. The van der Waals surface area contributed by atoms with Crippen molar-refractivity contribution in [2.45, 2.75) is 24.8 Å². The number of rotatable bonds is 2. The Morgan fingerprint density at radius 3 is 2.74 bits per heavy atom. The molecule has 1 saturated heterocycles. The van der Waals surface area contributed by atoms with E-state index >= 15 is 0 Å². The molecule has 2 heterocycles. The molecule has 2 aromatic rings. The number of nitrogen functional groups attached to an aromatic ring is 1. The summed E-state index contributed by atoms with van der Waals surface area (Å²) in [6.45, 7) is 2.77. The van der Waals surface area contributed by atoms with Crippen molar-refractivity contribution >= 4 is 40.5 Å². The fraction of sp³-hybridized carbons (Fsp3) is 0.350. The summed E-state index contributed by atoms with van der Waals surface area (Å²) < 4.78 is 0. The molecule has 4 rings (SSSR count). The van der Waals surface area contributed by atoms with Gasteiger partial charge in [0.1, 0.15) is 6.61 Å². The number of nitrogens with one attached hydrogen (secondary N) is 1. The lowest BCUT2D eigenvalue weighted by Gasteiger charge is -2.43. The Bertz CT molecular complexity index is 916. The molecule has 5 nitrogen and oxygen atoms in total. The molecule has 142 valence electrons. The molecule has 2 unspecified atom stereocenters. The van der Waals surface area contributed by atoms with Crippen molar-refractivity contribution in [3.63, 3.8) is 0 Å². The van der Waals surface area contributed by atoms with Crippen molar-refractivity contribution in [1.29, 1.82) is 0 Å². The normalized spacial score (nSPS) is 23.6. The number of aliphatic hydroxyl groups excluding tert-OH is 1. The highest BCUT2D eigenvalue weighted by Gasteiger charge is 2.50. The average Bonchev–Trinajstić information content (AvgIpc) is 2.97. The molecule has 0 radical (unpaired) electrons. The standard InChI is InChI=1S/C20H21Cl2N3O2/c1-20-10-25(16(27)9-26)7-6-15(20)24-19-17(20)13(8-14(21)18(19)22)11-2-4-12(23)5-3-11/h2-5,8,15,24,26H,6-7,9-10,23H2,1H3. The smallest absolute Gasteiger partial charge is 0.248 e. The van der Waals surface area contributed by atoms with E-state index in [-0.39, 0.29) is 17.4 Å². The summed E-state index contributed by atoms with van der Waals surface area (Å²) in [4.78, 5) is 13.8. The van der Waals surface area contributed by atoms with Crippen LogP contribution in [0.25, 0.3) is 11.1 Å². The molecule has 2 aromatic carbocycles. The minimum absolute atomic E-state index is 0.138. The average molecular weight is 406 g/mol. The number of carbonyl (C=O) groups is 1. The molecule has 2 atom stereocenters. The first kappa shape index (κ1) is 18.4. The Balaban J connectivity index is 1.89. The lowest BCUT2D eigenvalue weighted by atomic mass is 9.72. The number of amides is 1. The lowest BCUT2D eigenvalue weighted by molar-refractivity contribution is -0.136. The molecule has 1 amide bonds. The number of piperidine rings is 1.